The molecule has 2 heterocycles. The number of anilines is 1. The van der Waals surface area contributed by atoms with Crippen molar-refractivity contribution in [3.05, 3.63) is 95.3 Å². The fourth-order valence-corrected chi connectivity index (χ4v) is 4.34. The average molecular weight is 416 g/mol. The molecule has 31 heavy (non-hydrogen) atoms. The average Bonchev–Trinajstić information content (AvgIpc) is 2.80. The molecule has 2 aromatic carbocycles. The Bertz CT molecular complexity index is 1000. The van der Waals surface area contributed by atoms with Crippen LogP contribution in [-0.4, -0.2) is 29.1 Å². The van der Waals surface area contributed by atoms with E-state index in [2.05, 4.69) is 58.9 Å². The molecule has 1 aliphatic heterocycles. The molecular formula is C26H29N3O2. The van der Waals surface area contributed by atoms with E-state index in [1.165, 1.54) is 11.1 Å². The first-order chi connectivity index (χ1) is 15.1. The lowest BCUT2D eigenvalue weighted by atomic mass is 9.86. The van der Waals surface area contributed by atoms with Crippen LogP contribution in [0.3, 0.4) is 0 Å². The number of aromatic nitrogens is 1. The Morgan fingerprint density at radius 3 is 2.61 bits per heavy atom. The number of aliphatic carboxylic acids is 1. The number of carboxylic acids is 1. The molecule has 0 unspecified atom stereocenters. The Hall–Kier alpha value is -3.18. The molecule has 3 atom stereocenters. The molecule has 3 N–H and O–H groups in total. The number of hydrogen-bond acceptors (Lipinski definition) is 4. The maximum absolute atomic E-state index is 10.9. The Labute approximate surface area is 183 Å². The van der Waals surface area contributed by atoms with Crippen LogP contribution >= 0.6 is 0 Å². The summed E-state index contributed by atoms with van der Waals surface area (Å²) >= 11 is 0. The molecule has 0 saturated carbocycles. The zero-order valence-corrected chi connectivity index (χ0v) is 17.8. The van der Waals surface area contributed by atoms with Gasteiger partial charge in [0.2, 0.25) is 0 Å². The predicted molar refractivity (Wildman–Crippen MR) is 123 cm³/mol. The molecule has 3 aromatic rings. The third kappa shape index (κ3) is 5.30. The van der Waals surface area contributed by atoms with Gasteiger partial charge in [0, 0.05) is 31.2 Å². The minimum Gasteiger partial charge on any atom is -0.481 e. The van der Waals surface area contributed by atoms with Crippen LogP contribution in [0.2, 0.25) is 0 Å². The highest BCUT2D eigenvalue weighted by molar-refractivity contribution is 5.70. The first-order valence-corrected chi connectivity index (χ1v) is 10.9. The highest BCUT2D eigenvalue weighted by atomic mass is 16.4. The summed E-state index contributed by atoms with van der Waals surface area (Å²) < 4.78 is 0. The Morgan fingerprint density at radius 1 is 1.10 bits per heavy atom. The summed E-state index contributed by atoms with van der Waals surface area (Å²) in [6, 6.07) is 22.8. The highest BCUT2D eigenvalue weighted by Crippen LogP contribution is 2.31. The van der Waals surface area contributed by atoms with Gasteiger partial charge < -0.3 is 15.7 Å². The second-order valence-corrected chi connectivity index (χ2v) is 8.35. The van der Waals surface area contributed by atoms with Gasteiger partial charge in [-0.25, -0.2) is 0 Å². The molecule has 0 aliphatic carbocycles. The first kappa shape index (κ1) is 21.1. The zero-order valence-electron chi connectivity index (χ0n) is 17.8. The molecule has 4 rings (SSSR count). The Balaban J connectivity index is 1.46. The quantitative estimate of drug-likeness (QED) is 0.508. The fourth-order valence-electron chi connectivity index (χ4n) is 4.34. The molecule has 0 bridgehead atoms. The van der Waals surface area contributed by atoms with E-state index in [1.807, 2.05) is 36.5 Å². The number of carboxylic acid groups (broad SMARTS) is 1. The van der Waals surface area contributed by atoms with Gasteiger partial charge in [0.15, 0.2) is 0 Å². The topological polar surface area (TPSA) is 74.2 Å². The number of fused-ring (bicyclic) bond motifs is 1. The standard InChI is InChI=1S/C26H29N3O2/c1-18(20-11-9-19(10-12-20)14-25(30)31)16-29-26(21-6-3-2-4-7-21)22-15-24-23(28-17-22)8-5-13-27-24/h2-13,18,22,26,28-29H,14-17H2,1H3,(H,30,31)/t18-,22+,26+/m0/s1. The van der Waals surface area contributed by atoms with Crippen molar-refractivity contribution in [2.45, 2.75) is 31.7 Å². The number of rotatable bonds is 8. The van der Waals surface area contributed by atoms with Crippen LogP contribution in [0.25, 0.3) is 0 Å². The first-order valence-electron chi connectivity index (χ1n) is 10.9. The molecule has 160 valence electrons. The summed E-state index contributed by atoms with van der Waals surface area (Å²) in [4.78, 5) is 15.5. The third-order valence-corrected chi connectivity index (χ3v) is 6.08. The molecule has 0 amide bonds. The van der Waals surface area contributed by atoms with Crippen LogP contribution in [0.4, 0.5) is 5.69 Å². The maximum Gasteiger partial charge on any atom is 0.307 e. The lowest BCUT2D eigenvalue weighted by molar-refractivity contribution is -0.136. The lowest BCUT2D eigenvalue weighted by Crippen LogP contribution is -2.37. The second kappa shape index (κ2) is 9.75. The van der Waals surface area contributed by atoms with E-state index in [1.54, 1.807) is 0 Å². The molecular weight excluding hydrogens is 386 g/mol. The summed E-state index contributed by atoms with van der Waals surface area (Å²) in [5.74, 6) is -0.0904. The normalized spacial score (nSPS) is 17.3. The van der Waals surface area contributed by atoms with Crippen molar-refractivity contribution in [3.8, 4) is 0 Å². The van der Waals surface area contributed by atoms with E-state index in [-0.39, 0.29) is 12.5 Å². The SMILES string of the molecule is C[C@@H](CN[C@H](c1ccccc1)[C@H]1CNc2cccnc2C1)c1ccc(CC(=O)O)cc1. The third-order valence-electron chi connectivity index (χ3n) is 6.08. The monoisotopic (exact) mass is 415 g/mol. The molecule has 0 saturated heterocycles. The van der Waals surface area contributed by atoms with Crippen LogP contribution in [0.1, 0.15) is 41.3 Å². The maximum atomic E-state index is 10.9. The van der Waals surface area contributed by atoms with Crippen LogP contribution in [0.5, 0.6) is 0 Å². The minimum atomic E-state index is -0.801. The van der Waals surface area contributed by atoms with Gasteiger partial charge in [0.1, 0.15) is 0 Å². The second-order valence-electron chi connectivity index (χ2n) is 8.35. The van der Waals surface area contributed by atoms with E-state index in [0.717, 1.165) is 36.5 Å². The van der Waals surface area contributed by atoms with Gasteiger partial charge in [-0.05, 0) is 41.2 Å². The number of hydrogen-bond donors (Lipinski definition) is 3. The van der Waals surface area contributed by atoms with Crippen LogP contribution in [0.15, 0.2) is 72.9 Å². The van der Waals surface area contributed by atoms with Crippen molar-refractivity contribution >= 4 is 11.7 Å². The summed E-state index contributed by atoms with van der Waals surface area (Å²) in [5.41, 5.74) is 5.60. The van der Waals surface area contributed by atoms with Crippen molar-refractivity contribution in [2.75, 3.05) is 18.4 Å². The molecule has 1 aromatic heterocycles. The van der Waals surface area contributed by atoms with Crippen molar-refractivity contribution < 1.29 is 9.90 Å². The van der Waals surface area contributed by atoms with Crippen molar-refractivity contribution in [1.82, 2.24) is 10.3 Å². The van der Waals surface area contributed by atoms with Crippen molar-refractivity contribution in [2.24, 2.45) is 5.92 Å². The minimum absolute atomic E-state index is 0.0627. The Kier molecular flexibility index (Phi) is 6.63. The van der Waals surface area contributed by atoms with Gasteiger partial charge in [-0.1, -0.05) is 61.5 Å². The van der Waals surface area contributed by atoms with Gasteiger partial charge in [-0.15, -0.1) is 0 Å². The van der Waals surface area contributed by atoms with E-state index < -0.39 is 5.97 Å². The molecule has 0 radical (unpaired) electrons. The lowest BCUT2D eigenvalue weighted by Gasteiger charge is -2.33. The van der Waals surface area contributed by atoms with E-state index in [9.17, 15) is 4.79 Å². The van der Waals surface area contributed by atoms with Gasteiger partial charge >= 0.3 is 5.97 Å². The van der Waals surface area contributed by atoms with E-state index >= 15 is 0 Å². The summed E-state index contributed by atoms with van der Waals surface area (Å²) in [6.07, 6.45) is 2.87. The van der Waals surface area contributed by atoms with Gasteiger partial charge in [-0.3, -0.25) is 9.78 Å². The van der Waals surface area contributed by atoms with Crippen LogP contribution in [0, 0.1) is 5.92 Å². The summed E-state index contributed by atoms with van der Waals surface area (Å²) in [5, 5.41) is 16.3. The van der Waals surface area contributed by atoms with Gasteiger partial charge in [-0.2, -0.15) is 0 Å². The van der Waals surface area contributed by atoms with E-state index in [0.29, 0.717) is 11.8 Å². The van der Waals surface area contributed by atoms with Gasteiger partial charge in [0.25, 0.3) is 0 Å². The van der Waals surface area contributed by atoms with Crippen LogP contribution in [-0.2, 0) is 17.6 Å². The highest BCUT2D eigenvalue weighted by Gasteiger charge is 2.28. The number of benzene rings is 2. The zero-order chi connectivity index (χ0) is 21.6. The van der Waals surface area contributed by atoms with Crippen molar-refractivity contribution in [1.29, 1.82) is 0 Å². The molecule has 1 aliphatic rings. The molecule has 0 spiro atoms. The smallest absolute Gasteiger partial charge is 0.307 e. The number of pyridine rings is 1. The summed E-state index contributed by atoms with van der Waals surface area (Å²) in [6.45, 7) is 3.95. The molecule has 5 nitrogen and oxygen atoms in total. The predicted octanol–water partition coefficient (Wildman–Crippen LogP) is 4.43. The number of nitrogens with one attached hydrogen (secondary N) is 2. The molecule has 5 heteroatoms. The number of carbonyl (C=O) groups is 1. The Morgan fingerprint density at radius 2 is 1.87 bits per heavy atom. The van der Waals surface area contributed by atoms with Crippen molar-refractivity contribution in [3.63, 3.8) is 0 Å². The number of nitrogens with zero attached hydrogens (tertiary/aromatic N) is 1. The van der Waals surface area contributed by atoms with Crippen LogP contribution < -0.4 is 10.6 Å². The van der Waals surface area contributed by atoms with E-state index in [4.69, 9.17) is 5.11 Å². The van der Waals surface area contributed by atoms with Gasteiger partial charge in [0.05, 0.1) is 17.8 Å². The fraction of sp³-hybridized carbons (Fsp3) is 0.308. The largest absolute Gasteiger partial charge is 0.481 e. The molecule has 0 fully saturated rings. The summed E-state index contributed by atoms with van der Waals surface area (Å²) in [7, 11) is 0.